The summed E-state index contributed by atoms with van der Waals surface area (Å²) in [6, 6.07) is 60.4. The number of nitriles is 1. The summed E-state index contributed by atoms with van der Waals surface area (Å²) in [6.45, 7) is 15.5. The summed E-state index contributed by atoms with van der Waals surface area (Å²) in [5.41, 5.74) is 6.28. The molecule has 0 aliphatic carbocycles. The molecule has 50 heavy (non-hydrogen) atoms. The molecule has 0 aliphatic rings. The normalized spacial score (nSPS) is 11.1. The molecular weight excluding hydrogens is 625 g/mol. The first kappa shape index (κ1) is 30.4. The van der Waals surface area contributed by atoms with Crippen molar-refractivity contribution in [3.63, 3.8) is 0 Å². The second kappa shape index (κ2) is 12.6. The fourth-order valence-electron chi connectivity index (χ4n) is 7.47. The minimum absolute atomic E-state index is 0.522. The molecule has 0 spiro atoms. The van der Waals surface area contributed by atoms with Crippen LogP contribution in [0.1, 0.15) is 5.56 Å². The van der Waals surface area contributed by atoms with Crippen molar-refractivity contribution in [3.05, 3.63) is 198 Å². The summed E-state index contributed by atoms with van der Waals surface area (Å²) in [4.78, 5) is 7.48. The Balaban J connectivity index is 1.42. The van der Waals surface area contributed by atoms with Crippen molar-refractivity contribution >= 4 is 62.0 Å². The van der Waals surface area contributed by atoms with Gasteiger partial charge in [-0.2, -0.15) is 5.26 Å². The maximum atomic E-state index is 11.0. The molecular formula is C45H28N4Si. The van der Waals surface area contributed by atoms with Crippen molar-refractivity contribution in [1.29, 1.82) is 5.26 Å². The molecule has 0 atom stereocenters. The van der Waals surface area contributed by atoms with Crippen LogP contribution in [-0.2, 0) is 0 Å². The van der Waals surface area contributed by atoms with E-state index >= 15 is 0 Å². The average Bonchev–Trinajstić information content (AvgIpc) is 3.52. The lowest BCUT2D eigenvalue weighted by molar-refractivity contribution is 1.18. The van der Waals surface area contributed by atoms with Crippen LogP contribution < -0.4 is 20.7 Å². The maximum Gasteiger partial charge on any atom is 0.189 e. The largest absolute Gasteiger partial charge is 0.310 e. The molecule has 0 bridgehead atoms. The standard InChI is InChI=1S/C45H28N4Si/c1-47-34-24-26-43-41(29-34)40-20-12-13-21-42(40)49(43)44-30-35(48-2)23-25-39(44)32-22-27-45(33(28-32)31-46)50(36-14-6-3-7-15-36,37-16-8-4-9-17-37)38-18-10-5-11-19-38/h3-30H. The maximum absolute atomic E-state index is 11.0. The second-order valence-corrected chi connectivity index (χ2v) is 16.0. The topological polar surface area (TPSA) is 37.4 Å². The van der Waals surface area contributed by atoms with Gasteiger partial charge in [-0.15, -0.1) is 0 Å². The Morgan fingerprint density at radius 3 is 1.66 bits per heavy atom. The lowest BCUT2D eigenvalue weighted by Crippen LogP contribution is -2.75. The third kappa shape index (κ3) is 4.80. The summed E-state index contributed by atoms with van der Waals surface area (Å²) in [5, 5.41) is 17.6. The SMILES string of the molecule is [C-]#[N+]c1ccc(-c2ccc([Si](c3ccccc3)(c3ccccc3)c3ccccc3)c(C#N)c2)c(-n2c3ccccc3c3cc([N+]#[C-])ccc32)c1. The number of aromatic nitrogens is 1. The van der Waals surface area contributed by atoms with Crippen molar-refractivity contribution in [2.24, 2.45) is 0 Å². The van der Waals surface area contributed by atoms with Crippen molar-refractivity contribution in [2.45, 2.75) is 0 Å². The molecule has 1 aromatic heterocycles. The quantitative estimate of drug-likeness (QED) is 0.101. The monoisotopic (exact) mass is 652 g/mol. The Bertz CT molecular complexity index is 2580. The zero-order valence-corrected chi connectivity index (χ0v) is 28.0. The molecule has 0 saturated carbocycles. The van der Waals surface area contributed by atoms with Gasteiger partial charge in [0.2, 0.25) is 0 Å². The van der Waals surface area contributed by atoms with Gasteiger partial charge in [-0.25, -0.2) is 9.69 Å². The predicted octanol–water partition coefficient (Wildman–Crippen LogP) is 8.80. The van der Waals surface area contributed by atoms with E-state index in [-0.39, 0.29) is 0 Å². The minimum atomic E-state index is -2.94. The minimum Gasteiger partial charge on any atom is -0.310 e. The zero-order chi connectivity index (χ0) is 34.1. The summed E-state index contributed by atoms with van der Waals surface area (Å²) in [6.07, 6.45) is 0. The molecule has 8 aromatic rings. The van der Waals surface area contributed by atoms with Gasteiger partial charge in [0.05, 0.1) is 35.8 Å². The first-order valence-electron chi connectivity index (χ1n) is 16.3. The predicted molar refractivity (Wildman–Crippen MR) is 207 cm³/mol. The van der Waals surface area contributed by atoms with Crippen LogP contribution in [0.5, 0.6) is 0 Å². The van der Waals surface area contributed by atoms with Crippen molar-refractivity contribution < 1.29 is 0 Å². The summed E-state index contributed by atoms with van der Waals surface area (Å²) >= 11 is 0. The van der Waals surface area contributed by atoms with Crippen molar-refractivity contribution in [2.75, 3.05) is 0 Å². The fourth-order valence-corrected chi connectivity index (χ4v) is 12.3. The molecule has 0 amide bonds. The highest BCUT2D eigenvalue weighted by Crippen LogP contribution is 2.39. The third-order valence-corrected chi connectivity index (χ3v) is 14.5. The highest BCUT2D eigenvalue weighted by atomic mass is 28.3. The van der Waals surface area contributed by atoms with Gasteiger partial charge in [0, 0.05) is 16.6 Å². The zero-order valence-electron chi connectivity index (χ0n) is 27.0. The van der Waals surface area contributed by atoms with E-state index < -0.39 is 8.07 Å². The van der Waals surface area contributed by atoms with Gasteiger partial charge in [0.15, 0.2) is 19.4 Å². The number of rotatable bonds is 6. The van der Waals surface area contributed by atoms with E-state index in [0.29, 0.717) is 16.9 Å². The third-order valence-electron chi connectivity index (χ3n) is 9.61. The molecule has 7 aromatic carbocycles. The van der Waals surface area contributed by atoms with Gasteiger partial charge < -0.3 is 4.57 Å². The van der Waals surface area contributed by atoms with Crippen LogP contribution >= 0.6 is 0 Å². The van der Waals surface area contributed by atoms with Gasteiger partial charge in [-0.1, -0.05) is 140 Å². The van der Waals surface area contributed by atoms with Crippen LogP contribution in [0, 0.1) is 24.5 Å². The van der Waals surface area contributed by atoms with E-state index in [1.165, 1.54) is 15.6 Å². The number of hydrogen-bond donors (Lipinski definition) is 0. The molecule has 0 radical (unpaired) electrons. The Labute approximate surface area is 292 Å². The van der Waals surface area contributed by atoms with Crippen LogP contribution in [0.2, 0.25) is 0 Å². The first-order chi connectivity index (χ1) is 24.7. The molecule has 0 aliphatic heterocycles. The van der Waals surface area contributed by atoms with E-state index in [1.807, 2.05) is 72.8 Å². The highest BCUT2D eigenvalue weighted by molar-refractivity contribution is 7.20. The Hall–Kier alpha value is -6.97. The number of hydrogen-bond acceptors (Lipinski definition) is 1. The van der Waals surface area contributed by atoms with Crippen molar-refractivity contribution in [1.82, 2.24) is 4.57 Å². The van der Waals surface area contributed by atoms with Crippen LogP contribution in [0.3, 0.4) is 0 Å². The number of fused-ring (bicyclic) bond motifs is 3. The summed E-state index contributed by atoms with van der Waals surface area (Å²) in [7, 11) is -2.94. The number of benzene rings is 7. The molecule has 0 fully saturated rings. The van der Waals surface area contributed by atoms with Gasteiger partial charge in [-0.05, 0) is 62.0 Å². The summed E-state index contributed by atoms with van der Waals surface area (Å²) in [5.74, 6) is 0. The molecule has 8 rings (SSSR count). The summed E-state index contributed by atoms with van der Waals surface area (Å²) < 4.78 is 2.18. The molecule has 232 valence electrons. The average molecular weight is 653 g/mol. The molecule has 1 heterocycles. The lowest BCUT2D eigenvalue weighted by atomic mass is 10.0. The number of para-hydroxylation sites is 1. The van der Waals surface area contributed by atoms with Crippen LogP contribution in [0.25, 0.3) is 48.3 Å². The van der Waals surface area contributed by atoms with E-state index in [9.17, 15) is 5.26 Å². The Morgan fingerprint density at radius 2 is 1.06 bits per heavy atom. The van der Waals surface area contributed by atoms with E-state index in [4.69, 9.17) is 13.1 Å². The van der Waals surface area contributed by atoms with E-state index in [1.54, 1.807) is 0 Å². The number of nitrogens with zero attached hydrogens (tertiary/aromatic N) is 4. The van der Waals surface area contributed by atoms with Crippen LogP contribution in [-0.4, -0.2) is 12.6 Å². The Kier molecular flexibility index (Phi) is 7.63. The highest BCUT2D eigenvalue weighted by Gasteiger charge is 2.43. The smallest absolute Gasteiger partial charge is 0.189 e. The van der Waals surface area contributed by atoms with Crippen LogP contribution in [0.4, 0.5) is 11.4 Å². The second-order valence-electron chi connectivity index (χ2n) is 12.2. The molecule has 0 N–H and O–H groups in total. The van der Waals surface area contributed by atoms with Crippen molar-refractivity contribution in [3.8, 4) is 22.9 Å². The molecule has 5 heteroatoms. The lowest BCUT2D eigenvalue weighted by Gasteiger charge is -2.35. The van der Waals surface area contributed by atoms with Gasteiger partial charge in [-0.3, -0.25) is 0 Å². The molecule has 0 saturated heterocycles. The molecule has 4 nitrogen and oxygen atoms in total. The van der Waals surface area contributed by atoms with Gasteiger partial charge in [0.1, 0.15) is 0 Å². The van der Waals surface area contributed by atoms with Gasteiger partial charge in [0.25, 0.3) is 0 Å². The Morgan fingerprint density at radius 1 is 0.520 bits per heavy atom. The first-order valence-corrected chi connectivity index (χ1v) is 18.3. The van der Waals surface area contributed by atoms with Crippen LogP contribution in [0.15, 0.2) is 170 Å². The van der Waals surface area contributed by atoms with E-state index in [0.717, 1.165) is 43.8 Å². The van der Waals surface area contributed by atoms with Gasteiger partial charge >= 0.3 is 0 Å². The fraction of sp³-hybridized carbons (Fsp3) is 0. The van der Waals surface area contributed by atoms with E-state index in [2.05, 4.69) is 117 Å². The molecule has 0 unspecified atom stereocenters.